The summed E-state index contributed by atoms with van der Waals surface area (Å²) in [5, 5.41) is 4.27. The molecule has 0 unspecified atom stereocenters. The van der Waals surface area contributed by atoms with Crippen molar-refractivity contribution in [3.8, 4) is 0 Å². The van der Waals surface area contributed by atoms with E-state index in [9.17, 15) is 4.79 Å². The molecule has 0 spiro atoms. The fourth-order valence-corrected chi connectivity index (χ4v) is 2.56. The molecule has 1 aliphatic rings. The molecule has 0 bridgehead atoms. The number of carbonyl (C=O) groups is 1. The average molecular weight is 270 g/mol. The number of ketones is 1. The van der Waals surface area contributed by atoms with E-state index in [1.54, 1.807) is 6.20 Å². The number of rotatable bonds is 4. The van der Waals surface area contributed by atoms with Gasteiger partial charge in [-0.15, -0.1) is 0 Å². The number of pyridine rings is 1. The first kappa shape index (κ1) is 13.2. The smallest absolute Gasteiger partial charge is 0.190 e. The van der Waals surface area contributed by atoms with Crippen LogP contribution in [-0.2, 0) is 4.74 Å². The number of nitrogens with one attached hydrogen (secondary N) is 1. The van der Waals surface area contributed by atoms with Gasteiger partial charge < -0.3 is 10.1 Å². The zero-order chi connectivity index (χ0) is 13.8. The number of benzene rings is 1. The lowest BCUT2D eigenvalue weighted by Gasteiger charge is -2.22. The van der Waals surface area contributed by atoms with Crippen LogP contribution in [0, 0.1) is 0 Å². The molecule has 1 aliphatic heterocycles. The molecule has 1 N–H and O–H groups in total. The van der Waals surface area contributed by atoms with E-state index in [4.69, 9.17) is 4.74 Å². The van der Waals surface area contributed by atoms with E-state index in [-0.39, 0.29) is 18.5 Å². The highest BCUT2D eigenvalue weighted by molar-refractivity contribution is 6.07. The zero-order valence-corrected chi connectivity index (χ0v) is 11.3. The molecule has 4 heteroatoms. The van der Waals surface area contributed by atoms with Crippen LogP contribution in [0.15, 0.2) is 36.5 Å². The number of nitrogens with zero attached hydrogens (tertiary/aromatic N) is 1. The summed E-state index contributed by atoms with van der Waals surface area (Å²) in [6.45, 7) is 2.07. The summed E-state index contributed by atoms with van der Waals surface area (Å²) < 4.78 is 5.73. The average Bonchev–Trinajstić information content (AvgIpc) is 2.53. The maximum atomic E-state index is 12.3. The number of aromatic nitrogens is 1. The van der Waals surface area contributed by atoms with Crippen molar-refractivity contribution in [3.05, 3.63) is 42.1 Å². The van der Waals surface area contributed by atoms with Gasteiger partial charge in [-0.05, 0) is 38.1 Å². The lowest BCUT2D eigenvalue weighted by atomic mass is 10.1. The van der Waals surface area contributed by atoms with E-state index in [2.05, 4.69) is 10.3 Å². The third-order valence-electron chi connectivity index (χ3n) is 3.67. The Balaban J connectivity index is 1.72. The van der Waals surface area contributed by atoms with E-state index >= 15 is 0 Å². The van der Waals surface area contributed by atoms with Crippen LogP contribution in [0.2, 0.25) is 0 Å². The number of ether oxygens (including phenoxy) is 1. The molecule has 0 saturated carbocycles. The van der Waals surface area contributed by atoms with Crippen molar-refractivity contribution in [2.45, 2.75) is 18.9 Å². The molecule has 1 aromatic carbocycles. The molecule has 2 heterocycles. The molecule has 3 rings (SSSR count). The molecule has 0 amide bonds. The molecule has 1 fully saturated rings. The van der Waals surface area contributed by atoms with Crippen molar-refractivity contribution >= 4 is 16.7 Å². The van der Waals surface area contributed by atoms with Crippen LogP contribution >= 0.6 is 0 Å². The lowest BCUT2D eigenvalue weighted by molar-refractivity contribution is 0.0318. The van der Waals surface area contributed by atoms with Gasteiger partial charge in [0.1, 0.15) is 6.61 Å². The first-order valence-corrected chi connectivity index (χ1v) is 7.04. The second kappa shape index (κ2) is 6.11. The Bertz CT molecular complexity index is 601. The summed E-state index contributed by atoms with van der Waals surface area (Å²) in [7, 11) is 0. The van der Waals surface area contributed by atoms with Crippen molar-refractivity contribution < 1.29 is 9.53 Å². The maximum Gasteiger partial charge on any atom is 0.190 e. The van der Waals surface area contributed by atoms with Crippen LogP contribution in [0.25, 0.3) is 10.9 Å². The Hall–Kier alpha value is -1.78. The van der Waals surface area contributed by atoms with Crippen LogP contribution in [0.5, 0.6) is 0 Å². The molecule has 20 heavy (non-hydrogen) atoms. The molecular formula is C16H18N2O2. The van der Waals surface area contributed by atoms with Gasteiger partial charge >= 0.3 is 0 Å². The second-order valence-corrected chi connectivity index (χ2v) is 5.06. The molecule has 1 saturated heterocycles. The Morgan fingerprint density at radius 3 is 2.90 bits per heavy atom. The number of hydrogen-bond acceptors (Lipinski definition) is 4. The minimum atomic E-state index is 0.00725. The molecule has 0 atom stereocenters. The SMILES string of the molecule is O=C(COC1CCNCC1)c1cccc2cccnc12. The van der Waals surface area contributed by atoms with Crippen LogP contribution in [0.4, 0.5) is 0 Å². The van der Waals surface area contributed by atoms with Crippen LogP contribution < -0.4 is 5.32 Å². The zero-order valence-electron chi connectivity index (χ0n) is 11.3. The predicted molar refractivity (Wildman–Crippen MR) is 77.9 cm³/mol. The van der Waals surface area contributed by atoms with E-state index in [1.807, 2.05) is 30.3 Å². The van der Waals surface area contributed by atoms with Gasteiger partial charge in [-0.3, -0.25) is 9.78 Å². The molecule has 2 aromatic rings. The van der Waals surface area contributed by atoms with E-state index < -0.39 is 0 Å². The van der Waals surface area contributed by atoms with E-state index in [0.717, 1.165) is 36.8 Å². The highest BCUT2D eigenvalue weighted by Gasteiger charge is 2.17. The standard InChI is InChI=1S/C16H18N2O2/c19-15(11-20-13-6-9-17-10-7-13)14-5-1-3-12-4-2-8-18-16(12)14/h1-5,8,13,17H,6-7,9-11H2. The summed E-state index contributed by atoms with van der Waals surface area (Å²) in [5.41, 5.74) is 1.41. The minimum absolute atomic E-state index is 0.00725. The summed E-state index contributed by atoms with van der Waals surface area (Å²) in [5.74, 6) is 0.00725. The van der Waals surface area contributed by atoms with Crippen molar-refractivity contribution in [2.24, 2.45) is 0 Å². The Kier molecular flexibility index (Phi) is 4.04. The Morgan fingerprint density at radius 2 is 2.05 bits per heavy atom. The number of carbonyl (C=O) groups excluding carboxylic acids is 1. The summed E-state index contributed by atoms with van der Waals surface area (Å²) >= 11 is 0. The summed E-state index contributed by atoms with van der Waals surface area (Å²) in [6.07, 6.45) is 3.86. The Morgan fingerprint density at radius 1 is 1.25 bits per heavy atom. The highest BCUT2D eigenvalue weighted by atomic mass is 16.5. The largest absolute Gasteiger partial charge is 0.370 e. The predicted octanol–water partition coefficient (Wildman–Crippen LogP) is 2.19. The van der Waals surface area contributed by atoms with Gasteiger partial charge in [-0.1, -0.05) is 18.2 Å². The third kappa shape index (κ3) is 2.86. The van der Waals surface area contributed by atoms with Crippen LogP contribution in [0.3, 0.4) is 0 Å². The molecule has 104 valence electrons. The molecule has 0 aliphatic carbocycles. The molecular weight excluding hydrogens is 252 g/mol. The van der Waals surface area contributed by atoms with Crippen molar-refractivity contribution in [1.29, 1.82) is 0 Å². The van der Waals surface area contributed by atoms with Gasteiger partial charge in [-0.2, -0.15) is 0 Å². The van der Waals surface area contributed by atoms with Crippen LogP contribution in [0.1, 0.15) is 23.2 Å². The van der Waals surface area contributed by atoms with Gasteiger partial charge in [0.05, 0.1) is 11.6 Å². The van der Waals surface area contributed by atoms with Crippen molar-refractivity contribution in [1.82, 2.24) is 10.3 Å². The van der Waals surface area contributed by atoms with Gasteiger partial charge in [0.15, 0.2) is 5.78 Å². The number of fused-ring (bicyclic) bond motifs is 1. The number of hydrogen-bond donors (Lipinski definition) is 1. The highest BCUT2D eigenvalue weighted by Crippen LogP contribution is 2.17. The van der Waals surface area contributed by atoms with Crippen molar-refractivity contribution in [3.63, 3.8) is 0 Å². The van der Waals surface area contributed by atoms with Gasteiger partial charge in [0, 0.05) is 17.1 Å². The number of para-hydroxylation sites is 1. The van der Waals surface area contributed by atoms with Gasteiger partial charge in [0.25, 0.3) is 0 Å². The first-order chi connectivity index (χ1) is 9.84. The molecule has 4 nitrogen and oxygen atoms in total. The fraction of sp³-hybridized carbons (Fsp3) is 0.375. The summed E-state index contributed by atoms with van der Waals surface area (Å²) in [4.78, 5) is 16.6. The second-order valence-electron chi connectivity index (χ2n) is 5.06. The van der Waals surface area contributed by atoms with Crippen LogP contribution in [-0.4, -0.2) is 36.6 Å². The maximum absolute atomic E-state index is 12.3. The lowest BCUT2D eigenvalue weighted by Crippen LogP contribution is -2.33. The fourth-order valence-electron chi connectivity index (χ4n) is 2.56. The monoisotopic (exact) mass is 270 g/mol. The normalized spacial score (nSPS) is 16.4. The molecule has 0 radical (unpaired) electrons. The Labute approximate surface area is 118 Å². The third-order valence-corrected chi connectivity index (χ3v) is 3.67. The number of Topliss-reactive ketones (excluding diaryl/α,β-unsaturated/α-hetero) is 1. The van der Waals surface area contributed by atoms with E-state index in [1.165, 1.54) is 0 Å². The minimum Gasteiger partial charge on any atom is -0.370 e. The molecule has 1 aromatic heterocycles. The quantitative estimate of drug-likeness (QED) is 0.865. The topological polar surface area (TPSA) is 51.2 Å². The van der Waals surface area contributed by atoms with Gasteiger partial charge in [0.2, 0.25) is 0 Å². The van der Waals surface area contributed by atoms with Crippen molar-refractivity contribution in [2.75, 3.05) is 19.7 Å². The summed E-state index contributed by atoms with van der Waals surface area (Å²) in [6, 6.07) is 9.52. The van der Waals surface area contributed by atoms with E-state index in [0.29, 0.717) is 5.56 Å². The number of piperidine rings is 1. The van der Waals surface area contributed by atoms with Gasteiger partial charge in [-0.25, -0.2) is 0 Å². The first-order valence-electron chi connectivity index (χ1n) is 7.04.